The molecule has 1 aromatic rings. The Hall–Kier alpha value is -2.22. The molecule has 1 atom stereocenters. The molecule has 1 heterocycles. The number of esters is 1. The van der Waals surface area contributed by atoms with Crippen LogP contribution in [0.15, 0.2) is 12.3 Å². The number of carboxylic acid groups (broad SMARTS) is 1. The number of nitrogens with zero attached hydrogens (tertiary/aromatic N) is 1. The molecule has 0 saturated heterocycles. The molecule has 0 bridgehead atoms. The van der Waals surface area contributed by atoms with Gasteiger partial charge in [0, 0.05) is 6.42 Å². The van der Waals surface area contributed by atoms with Gasteiger partial charge in [-0.2, -0.15) is 0 Å². The minimum atomic E-state index is -1.34. The van der Waals surface area contributed by atoms with Gasteiger partial charge in [-0.15, -0.1) is 0 Å². The molecule has 1 unspecified atom stereocenters. The summed E-state index contributed by atoms with van der Waals surface area (Å²) in [5, 5.41) is 10.9. The lowest BCUT2D eigenvalue weighted by molar-refractivity contribution is -0.142. The SMILES string of the molecule is COC(=O)CCC(NC(=O)c1cc(F)cnc1Cl)C(=O)O. The predicted molar refractivity (Wildman–Crippen MR) is 69.3 cm³/mol. The summed E-state index contributed by atoms with van der Waals surface area (Å²) in [5.41, 5.74) is -0.291. The Balaban J connectivity index is 2.79. The van der Waals surface area contributed by atoms with E-state index in [9.17, 15) is 18.8 Å². The number of rotatable bonds is 6. The van der Waals surface area contributed by atoms with Gasteiger partial charge in [0.15, 0.2) is 0 Å². The van der Waals surface area contributed by atoms with E-state index < -0.39 is 29.7 Å². The maximum absolute atomic E-state index is 13.0. The fourth-order valence-electron chi connectivity index (χ4n) is 1.44. The van der Waals surface area contributed by atoms with Crippen LogP contribution >= 0.6 is 11.6 Å². The first kappa shape index (κ1) is 16.8. The molecule has 2 N–H and O–H groups in total. The number of aromatic nitrogens is 1. The molecule has 0 saturated carbocycles. The first-order chi connectivity index (χ1) is 9.85. The number of halogens is 2. The second kappa shape index (κ2) is 7.53. The fraction of sp³-hybridized carbons (Fsp3) is 0.333. The third-order valence-corrected chi connectivity index (χ3v) is 2.82. The number of hydrogen-bond acceptors (Lipinski definition) is 5. The number of pyridine rings is 1. The van der Waals surface area contributed by atoms with E-state index in [4.69, 9.17) is 16.7 Å². The van der Waals surface area contributed by atoms with Gasteiger partial charge in [0.05, 0.1) is 18.9 Å². The highest BCUT2D eigenvalue weighted by atomic mass is 35.5. The van der Waals surface area contributed by atoms with Crippen LogP contribution in [0.25, 0.3) is 0 Å². The van der Waals surface area contributed by atoms with Crippen LogP contribution in [0.3, 0.4) is 0 Å². The lowest BCUT2D eigenvalue weighted by Crippen LogP contribution is -2.41. The van der Waals surface area contributed by atoms with Crippen molar-refractivity contribution in [3.05, 3.63) is 28.8 Å². The van der Waals surface area contributed by atoms with Crippen LogP contribution in [-0.2, 0) is 14.3 Å². The van der Waals surface area contributed by atoms with Crippen molar-refractivity contribution in [2.75, 3.05) is 7.11 Å². The average molecular weight is 319 g/mol. The smallest absolute Gasteiger partial charge is 0.326 e. The Bertz CT molecular complexity index is 567. The van der Waals surface area contributed by atoms with Crippen molar-refractivity contribution in [1.82, 2.24) is 10.3 Å². The topological polar surface area (TPSA) is 106 Å². The molecule has 0 aliphatic rings. The Morgan fingerprint density at radius 1 is 1.52 bits per heavy atom. The second-order valence-corrected chi connectivity index (χ2v) is 4.33. The van der Waals surface area contributed by atoms with Crippen LogP contribution in [0.1, 0.15) is 23.2 Å². The highest BCUT2D eigenvalue weighted by Gasteiger charge is 2.23. The monoisotopic (exact) mass is 318 g/mol. The van der Waals surface area contributed by atoms with E-state index in [1.165, 1.54) is 0 Å². The van der Waals surface area contributed by atoms with E-state index in [0.29, 0.717) is 0 Å². The maximum atomic E-state index is 13.0. The van der Waals surface area contributed by atoms with Crippen LogP contribution in [0.5, 0.6) is 0 Å². The predicted octanol–water partition coefficient (Wildman–Crippen LogP) is 1.01. The molecule has 9 heteroatoms. The normalized spacial score (nSPS) is 11.6. The second-order valence-electron chi connectivity index (χ2n) is 3.97. The number of carbonyl (C=O) groups excluding carboxylic acids is 2. The quantitative estimate of drug-likeness (QED) is 0.599. The number of ether oxygens (including phenoxy) is 1. The Morgan fingerprint density at radius 3 is 2.76 bits per heavy atom. The summed E-state index contributed by atoms with van der Waals surface area (Å²) in [6.07, 6.45) is 0.460. The van der Waals surface area contributed by atoms with Crippen LogP contribution < -0.4 is 5.32 Å². The van der Waals surface area contributed by atoms with Gasteiger partial charge in [-0.3, -0.25) is 9.59 Å². The van der Waals surface area contributed by atoms with Gasteiger partial charge < -0.3 is 15.2 Å². The zero-order chi connectivity index (χ0) is 16.0. The minimum Gasteiger partial charge on any atom is -0.480 e. The highest BCUT2D eigenvalue weighted by molar-refractivity contribution is 6.32. The Morgan fingerprint density at radius 2 is 2.19 bits per heavy atom. The van der Waals surface area contributed by atoms with Crippen molar-refractivity contribution in [3.8, 4) is 0 Å². The number of methoxy groups -OCH3 is 1. The van der Waals surface area contributed by atoms with E-state index in [1.54, 1.807) is 0 Å². The van der Waals surface area contributed by atoms with Gasteiger partial charge in [-0.25, -0.2) is 14.2 Å². The van der Waals surface area contributed by atoms with Gasteiger partial charge >= 0.3 is 11.9 Å². The first-order valence-electron chi connectivity index (χ1n) is 5.76. The van der Waals surface area contributed by atoms with Gasteiger partial charge in [-0.1, -0.05) is 11.6 Å². The zero-order valence-corrected chi connectivity index (χ0v) is 11.7. The summed E-state index contributed by atoms with van der Waals surface area (Å²) in [4.78, 5) is 37.3. The van der Waals surface area contributed by atoms with Crippen molar-refractivity contribution < 1.29 is 28.6 Å². The van der Waals surface area contributed by atoms with Crippen molar-refractivity contribution >= 4 is 29.4 Å². The summed E-state index contributed by atoms with van der Waals surface area (Å²) in [5.74, 6) is -3.64. The lowest BCUT2D eigenvalue weighted by Gasteiger charge is -2.14. The number of carbonyl (C=O) groups is 3. The van der Waals surface area contributed by atoms with Crippen molar-refractivity contribution in [2.45, 2.75) is 18.9 Å². The molecule has 1 aromatic heterocycles. The molecule has 0 spiro atoms. The fourth-order valence-corrected chi connectivity index (χ4v) is 1.63. The maximum Gasteiger partial charge on any atom is 0.326 e. The highest BCUT2D eigenvalue weighted by Crippen LogP contribution is 2.14. The number of nitrogens with one attached hydrogen (secondary N) is 1. The number of carboxylic acids is 1. The number of aliphatic carboxylic acids is 1. The third kappa shape index (κ3) is 4.99. The Kier molecular flexibility index (Phi) is 6.04. The molecule has 0 fully saturated rings. The van der Waals surface area contributed by atoms with E-state index in [1.807, 2.05) is 0 Å². The van der Waals surface area contributed by atoms with E-state index >= 15 is 0 Å². The van der Waals surface area contributed by atoms with Crippen LogP contribution in [0.2, 0.25) is 5.15 Å². The van der Waals surface area contributed by atoms with E-state index in [2.05, 4.69) is 15.0 Å². The standard InChI is InChI=1S/C12H12ClFN2O5/c1-21-9(17)3-2-8(12(19)20)16-11(18)7-4-6(14)5-15-10(7)13/h4-5,8H,2-3H2,1H3,(H,16,18)(H,19,20). The molecule has 7 nitrogen and oxygen atoms in total. The summed E-state index contributed by atoms with van der Waals surface area (Å²) in [7, 11) is 1.16. The van der Waals surface area contributed by atoms with Gasteiger partial charge in [-0.05, 0) is 12.5 Å². The van der Waals surface area contributed by atoms with Crippen molar-refractivity contribution in [3.63, 3.8) is 0 Å². The molecule has 114 valence electrons. The van der Waals surface area contributed by atoms with Gasteiger partial charge in [0.2, 0.25) is 0 Å². The third-order valence-electron chi connectivity index (χ3n) is 2.52. The molecule has 1 amide bonds. The van der Waals surface area contributed by atoms with Crippen LogP contribution in [0, 0.1) is 5.82 Å². The summed E-state index contributed by atoms with van der Waals surface area (Å²) >= 11 is 5.64. The largest absolute Gasteiger partial charge is 0.480 e. The van der Waals surface area contributed by atoms with Crippen molar-refractivity contribution in [1.29, 1.82) is 0 Å². The van der Waals surface area contributed by atoms with Crippen LogP contribution in [-0.4, -0.2) is 41.1 Å². The molecule has 0 radical (unpaired) electrons. The summed E-state index contributed by atoms with van der Waals surface area (Å²) in [6, 6.07) is -0.500. The molecule has 1 rings (SSSR count). The van der Waals surface area contributed by atoms with Crippen molar-refractivity contribution in [2.24, 2.45) is 0 Å². The lowest BCUT2D eigenvalue weighted by atomic mass is 10.1. The van der Waals surface area contributed by atoms with Gasteiger partial charge in [0.25, 0.3) is 5.91 Å². The van der Waals surface area contributed by atoms with Crippen LogP contribution in [0.4, 0.5) is 4.39 Å². The average Bonchev–Trinajstić information content (AvgIpc) is 2.44. The molecule has 0 aromatic carbocycles. The zero-order valence-electron chi connectivity index (χ0n) is 10.9. The van der Waals surface area contributed by atoms with E-state index in [-0.39, 0.29) is 23.6 Å². The Labute approximate surface area is 124 Å². The first-order valence-corrected chi connectivity index (χ1v) is 6.14. The minimum absolute atomic E-state index is 0.173. The molecular formula is C12H12ClFN2O5. The van der Waals surface area contributed by atoms with Gasteiger partial charge in [0.1, 0.15) is 17.0 Å². The molecule has 0 aliphatic heterocycles. The number of amides is 1. The molecule has 21 heavy (non-hydrogen) atoms. The van der Waals surface area contributed by atoms with E-state index in [0.717, 1.165) is 19.4 Å². The summed E-state index contributed by atoms with van der Waals surface area (Å²) < 4.78 is 17.4. The molecular weight excluding hydrogens is 307 g/mol. The number of hydrogen-bond donors (Lipinski definition) is 2. The summed E-state index contributed by atoms with van der Waals surface area (Å²) in [6.45, 7) is 0. The molecule has 0 aliphatic carbocycles.